The van der Waals surface area contributed by atoms with Gasteiger partial charge < -0.3 is 20.1 Å². The Morgan fingerprint density at radius 2 is 1.00 bits per heavy atom. The highest BCUT2D eigenvalue weighted by Crippen LogP contribution is 2.14. The molecule has 11 nitrogen and oxygen atoms in total. The van der Waals surface area contributed by atoms with Crippen LogP contribution in [0.5, 0.6) is 0 Å². The average molecular weight is 564 g/mol. The Labute approximate surface area is 239 Å². The Balaban J connectivity index is 1.81. The summed E-state index contributed by atoms with van der Waals surface area (Å²) >= 11 is 0. The van der Waals surface area contributed by atoms with Gasteiger partial charge in [-0.25, -0.2) is 9.59 Å². The van der Waals surface area contributed by atoms with Gasteiger partial charge >= 0.3 is 11.9 Å². The number of benzene rings is 2. The topological polar surface area (TPSA) is 152 Å². The molecule has 0 spiro atoms. The molecule has 1 heterocycles. The van der Waals surface area contributed by atoms with Gasteiger partial charge in [0, 0.05) is 12.8 Å². The largest absolute Gasteiger partial charge is 0.458 e. The van der Waals surface area contributed by atoms with Gasteiger partial charge in [-0.15, -0.1) is 10.2 Å². The summed E-state index contributed by atoms with van der Waals surface area (Å²) in [7, 11) is 0. The first-order valence-electron chi connectivity index (χ1n) is 13.3. The lowest BCUT2D eigenvalue weighted by Gasteiger charge is -2.25. The lowest BCUT2D eigenvalue weighted by atomic mass is 10.0. The van der Waals surface area contributed by atoms with Gasteiger partial charge in [-0.05, 0) is 52.7 Å². The predicted molar refractivity (Wildman–Crippen MR) is 151 cm³/mol. The van der Waals surface area contributed by atoms with E-state index in [0.717, 1.165) is 11.1 Å². The second-order valence-electron chi connectivity index (χ2n) is 11.5. The number of hydrogen-bond acceptors (Lipinski definition) is 8. The monoisotopic (exact) mass is 563 g/mol. The van der Waals surface area contributed by atoms with E-state index in [1.54, 1.807) is 41.5 Å². The third-order valence-corrected chi connectivity index (χ3v) is 5.54. The molecule has 0 aliphatic carbocycles. The number of amides is 2. The number of nitrogens with zero attached hydrogens (tertiary/aromatic N) is 2. The number of ether oxygens (including phenoxy) is 2. The van der Waals surface area contributed by atoms with Crippen LogP contribution in [0.4, 0.5) is 0 Å². The number of nitrogens with one attached hydrogen (secondary N) is 3. The van der Waals surface area contributed by atoms with E-state index in [9.17, 15) is 19.2 Å². The van der Waals surface area contributed by atoms with Crippen molar-refractivity contribution in [2.75, 3.05) is 0 Å². The van der Waals surface area contributed by atoms with Crippen molar-refractivity contribution in [3.05, 3.63) is 83.2 Å². The molecule has 0 bridgehead atoms. The van der Waals surface area contributed by atoms with Gasteiger partial charge in [-0.2, -0.15) is 5.21 Å². The highest BCUT2D eigenvalue weighted by atomic mass is 16.6. The number of aromatic nitrogens is 3. The molecule has 11 heteroatoms. The number of carbonyl (C=O) groups is 4. The summed E-state index contributed by atoms with van der Waals surface area (Å²) in [4.78, 5) is 52.5. The van der Waals surface area contributed by atoms with Crippen LogP contribution in [0.15, 0.2) is 60.7 Å². The van der Waals surface area contributed by atoms with E-state index < -0.39 is 47.0 Å². The molecule has 0 unspecified atom stereocenters. The van der Waals surface area contributed by atoms with Gasteiger partial charge in [-0.1, -0.05) is 60.7 Å². The molecular weight excluding hydrogens is 526 g/mol. The quantitative estimate of drug-likeness (QED) is 0.318. The molecule has 0 saturated carbocycles. The summed E-state index contributed by atoms with van der Waals surface area (Å²) in [6, 6.07) is 16.1. The fraction of sp³-hybridized carbons (Fsp3) is 0.400. The zero-order valence-electron chi connectivity index (χ0n) is 24.2. The number of H-pyrrole nitrogens is 1. The lowest BCUT2D eigenvalue weighted by molar-refractivity contribution is -0.158. The summed E-state index contributed by atoms with van der Waals surface area (Å²) in [6.45, 7) is 10.4. The maximum atomic E-state index is 13.3. The molecule has 0 fully saturated rings. The first-order chi connectivity index (χ1) is 19.2. The molecule has 2 aromatic carbocycles. The molecule has 218 valence electrons. The van der Waals surface area contributed by atoms with Crippen molar-refractivity contribution < 1.29 is 28.7 Å². The first-order valence-corrected chi connectivity index (χ1v) is 13.3. The van der Waals surface area contributed by atoms with Gasteiger partial charge in [0.1, 0.15) is 23.3 Å². The fourth-order valence-corrected chi connectivity index (χ4v) is 3.83. The summed E-state index contributed by atoms with van der Waals surface area (Å²) in [5, 5.41) is 15.2. The summed E-state index contributed by atoms with van der Waals surface area (Å²) in [6.07, 6.45) is 0.303. The van der Waals surface area contributed by atoms with Crippen LogP contribution >= 0.6 is 0 Å². The maximum Gasteiger partial charge on any atom is 0.329 e. The molecule has 0 aliphatic heterocycles. The van der Waals surface area contributed by atoms with E-state index in [1.807, 2.05) is 60.7 Å². The van der Waals surface area contributed by atoms with Gasteiger partial charge in [0.15, 0.2) is 11.4 Å². The Bertz CT molecular complexity index is 1240. The van der Waals surface area contributed by atoms with Gasteiger partial charge in [0.25, 0.3) is 11.8 Å². The first kappa shape index (κ1) is 31.0. The van der Waals surface area contributed by atoms with Crippen molar-refractivity contribution in [3.63, 3.8) is 0 Å². The maximum absolute atomic E-state index is 13.3. The Hall–Kier alpha value is -4.54. The molecular formula is C30H37N5O6. The van der Waals surface area contributed by atoms with E-state index in [-0.39, 0.29) is 24.2 Å². The second-order valence-corrected chi connectivity index (χ2v) is 11.5. The number of hydrogen-bond donors (Lipinski definition) is 3. The average Bonchev–Trinajstić information content (AvgIpc) is 3.37. The molecule has 2 atom stereocenters. The zero-order chi connectivity index (χ0) is 30.2. The summed E-state index contributed by atoms with van der Waals surface area (Å²) in [5.41, 5.74) is -0.666. The second kappa shape index (κ2) is 13.2. The lowest BCUT2D eigenvalue weighted by Crippen LogP contribution is -2.47. The van der Waals surface area contributed by atoms with E-state index in [1.165, 1.54) is 0 Å². The number of rotatable bonds is 10. The molecule has 2 amide bonds. The SMILES string of the molecule is CC(C)(C)OC(=O)[C@H](Cc1ccccc1)NC(=O)c1n[nH]nc1C(=O)N[C@@H](Cc1ccccc1)C(=O)OC(C)(C)C. The minimum Gasteiger partial charge on any atom is -0.458 e. The van der Waals surface area contributed by atoms with Crippen molar-refractivity contribution in [3.8, 4) is 0 Å². The van der Waals surface area contributed by atoms with Crippen molar-refractivity contribution in [1.82, 2.24) is 26.0 Å². The van der Waals surface area contributed by atoms with Crippen molar-refractivity contribution in [2.45, 2.75) is 77.7 Å². The fourth-order valence-electron chi connectivity index (χ4n) is 3.83. The van der Waals surface area contributed by atoms with Crippen LogP contribution in [0.2, 0.25) is 0 Å². The standard InChI is InChI=1S/C30H37N5O6/c1-29(2,3)40-27(38)21(17-19-13-9-7-10-14-19)31-25(36)23-24(34-35-33-23)26(37)32-22(28(39)41-30(4,5)6)18-20-15-11-8-12-16-20/h7-16,21-22H,17-18H2,1-6H3,(H,31,36)(H,32,37)(H,33,34,35)/t21-,22-/m0/s1. The molecule has 3 N–H and O–H groups in total. The molecule has 1 aromatic heterocycles. The number of carbonyl (C=O) groups excluding carboxylic acids is 4. The normalized spacial score (nSPS) is 13.0. The third-order valence-electron chi connectivity index (χ3n) is 5.54. The van der Waals surface area contributed by atoms with Crippen LogP contribution in [0.1, 0.15) is 73.6 Å². The Morgan fingerprint density at radius 1 is 0.659 bits per heavy atom. The van der Waals surface area contributed by atoms with Gasteiger partial charge in [0.2, 0.25) is 0 Å². The highest BCUT2D eigenvalue weighted by Gasteiger charge is 2.33. The van der Waals surface area contributed by atoms with Crippen LogP contribution in [0.25, 0.3) is 0 Å². The minimum absolute atomic E-state index is 0.151. The minimum atomic E-state index is -1.07. The Morgan fingerprint density at radius 3 is 1.32 bits per heavy atom. The molecule has 3 aromatic rings. The van der Waals surface area contributed by atoms with Crippen molar-refractivity contribution in [1.29, 1.82) is 0 Å². The molecule has 3 rings (SSSR count). The van der Waals surface area contributed by atoms with Crippen LogP contribution < -0.4 is 10.6 Å². The van der Waals surface area contributed by atoms with Crippen LogP contribution in [0.3, 0.4) is 0 Å². The molecule has 0 saturated heterocycles. The highest BCUT2D eigenvalue weighted by molar-refractivity contribution is 6.06. The van der Waals surface area contributed by atoms with Crippen molar-refractivity contribution in [2.24, 2.45) is 0 Å². The number of esters is 2. The van der Waals surface area contributed by atoms with Crippen LogP contribution in [0, 0.1) is 0 Å². The van der Waals surface area contributed by atoms with E-state index in [4.69, 9.17) is 9.47 Å². The van der Waals surface area contributed by atoms with E-state index in [2.05, 4.69) is 26.0 Å². The summed E-state index contributed by atoms with van der Waals surface area (Å²) in [5.74, 6) is -2.91. The Kier molecular flexibility index (Phi) is 9.99. The molecule has 0 aliphatic rings. The van der Waals surface area contributed by atoms with Crippen LogP contribution in [-0.4, -0.2) is 62.4 Å². The number of aromatic amines is 1. The van der Waals surface area contributed by atoms with Crippen LogP contribution in [-0.2, 0) is 31.9 Å². The smallest absolute Gasteiger partial charge is 0.329 e. The predicted octanol–water partition coefficient (Wildman–Crippen LogP) is 3.17. The van der Waals surface area contributed by atoms with Gasteiger partial charge in [-0.3, -0.25) is 9.59 Å². The van der Waals surface area contributed by atoms with Crippen molar-refractivity contribution >= 4 is 23.8 Å². The molecule has 0 radical (unpaired) electrons. The van der Waals surface area contributed by atoms with E-state index in [0.29, 0.717) is 0 Å². The zero-order valence-corrected chi connectivity index (χ0v) is 24.2. The summed E-state index contributed by atoms with van der Waals surface area (Å²) < 4.78 is 11.0. The van der Waals surface area contributed by atoms with Gasteiger partial charge in [0.05, 0.1) is 0 Å². The van der Waals surface area contributed by atoms with E-state index >= 15 is 0 Å². The molecule has 41 heavy (non-hydrogen) atoms. The third kappa shape index (κ3) is 9.86.